The molecule has 3 aromatic carbocycles. The van der Waals surface area contributed by atoms with Crippen LogP contribution < -0.4 is 14.4 Å². The first kappa shape index (κ1) is 26.1. The fraction of sp³-hybridized carbons (Fsp3) is 0.286. The molecular formula is C28H29N3O5S2. The van der Waals surface area contributed by atoms with E-state index >= 15 is 0 Å². The van der Waals surface area contributed by atoms with E-state index in [-0.39, 0.29) is 16.9 Å². The van der Waals surface area contributed by atoms with E-state index in [1.165, 1.54) is 30.6 Å². The summed E-state index contributed by atoms with van der Waals surface area (Å²) in [4.78, 5) is 20.4. The molecule has 1 aromatic heterocycles. The Balaban J connectivity index is 1.40. The first-order valence-electron chi connectivity index (χ1n) is 12.3. The van der Waals surface area contributed by atoms with E-state index in [1.807, 2.05) is 19.9 Å². The molecular weight excluding hydrogens is 522 g/mol. The molecule has 1 saturated heterocycles. The van der Waals surface area contributed by atoms with Crippen molar-refractivity contribution in [1.82, 2.24) is 4.98 Å². The first-order valence-corrected chi connectivity index (χ1v) is 14.6. The van der Waals surface area contributed by atoms with Crippen molar-refractivity contribution in [3.8, 4) is 5.75 Å². The summed E-state index contributed by atoms with van der Waals surface area (Å²) in [5, 5.41) is 0.624. The number of sulfonamides is 1. The minimum atomic E-state index is -3.79. The number of carbonyl (C=O) groups is 1. The van der Waals surface area contributed by atoms with Crippen molar-refractivity contribution in [2.45, 2.75) is 37.7 Å². The van der Waals surface area contributed by atoms with Crippen molar-refractivity contribution in [3.05, 3.63) is 77.4 Å². The average Bonchev–Trinajstić information content (AvgIpc) is 3.60. The van der Waals surface area contributed by atoms with Crippen molar-refractivity contribution < 1.29 is 22.7 Å². The Morgan fingerprint density at radius 1 is 1.11 bits per heavy atom. The largest absolute Gasteiger partial charge is 0.497 e. The number of ether oxygens (including phenoxy) is 2. The van der Waals surface area contributed by atoms with Crippen LogP contribution in [-0.2, 0) is 14.8 Å². The first-order chi connectivity index (χ1) is 18.2. The molecule has 1 N–H and O–H groups in total. The molecule has 4 aromatic rings. The normalized spacial score (nSPS) is 15.5. The number of fused-ring (bicyclic) bond motifs is 1. The highest BCUT2D eigenvalue weighted by Gasteiger charge is 2.27. The number of aryl methyl sites for hydroxylation is 2. The van der Waals surface area contributed by atoms with Gasteiger partial charge in [-0.05, 0) is 92.4 Å². The predicted molar refractivity (Wildman–Crippen MR) is 150 cm³/mol. The van der Waals surface area contributed by atoms with Crippen LogP contribution in [-0.4, -0.2) is 45.7 Å². The SMILES string of the molecule is COc1ccc(S(=O)(=O)Nc2ccc(C(=O)N(CC3CCCO3)c3nc4c(C)c(C)ccc4s3)cc2)cc1. The smallest absolute Gasteiger partial charge is 0.261 e. The Hall–Kier alpha value is -3.47. The molecule has 1 atom stereocenters. The van der Waals surface area contributed by atoms with E-state index in [1.54, 1.807) is 41.3 Å². The van der Waals surface area contributed by atoms with Gasteiger partial charge in [0, 0.05) is 17.9 Å². The van der Waals surface area contributed by atoms with Crippen molar-refractivity contribution in [2.75, 3.05) is 29.9 Å². The Morgan fingerprint density at radius 3 is 2.50 bits per heavy atom. The maximum Gasteiger partial charge on any atom is 0.261 e. The zero-order chi connectivity index (χ0) is 26.9. The molecule has 0 bridgehead atoms. The quantitative estimate of drug-likeness (QED) is 0.308. The van der Waals surface area contributed by atoms with Crippen molar-refractivity contribution in [1.29, 1.82) is 0 Å². The Morgan fingerprint density at radius 2 is 1.84 bits per heavy atom. The fourth-order valence-corrected chi connectivity index (χ4v) is 6.47. The van der Waals surface area contributed by atoms with E-state index in [0.717, 1.165) is 34.2 Å². The number of methoxy groups -OCH3 is 1. The zero-order valence-electron chi connectivity index (χ0n) is 21.4. The maximum atomic E-state index is 13.7. The number of hydrogen-bond acceptors (Lipinski definition) is 7. The second kappa shape index (κ2) is 10.7. The van der Waals surface area contributed by atoms with Gasteiger partial charge in [0.25, 0.3) is 15.9 Å². The third kappa shape index (κ3) is 5.38. The lowest BCUT2D eigenvalue weighted by Crippen LogP contribution is -2.37. The predicted octanol–water partition coefficient (Wildman–Crippen LogP) is 5.55. The van der Waals surface area contributed by atoms with E-state index in [2.05, 4.69) is 10.8 Å². The molecule has 10 heteroatoms. The van der Waals surface area contributed by atoms with Gasteiger partial charge in [0.2, 0.25) is 0 Å². The van der Waals surface area contributed by atoms with Gasteiger partial charge in [-0.2, -0.15) is 0 Å². The highest BCUT2D eigenvalue weighted by atomic mass is 32.2. The number of thiazole rings is 1. The molecule has 0 aliphatic carbocycles. The lowest BCUT2D eigenvalue weighted by molar-refractivity contribution is 0.0917. The number of aromatic nitrogens is 1. The molecule has 38 heavy (non-hydrogen) atoms. The summed E-state index contributed by atoms with van der Waals surface area (Å²) in [6.07, 6.45) is 1.80. The highest BCUT2D eigenvalue weighted by molar-refractivity contribution is 7.92. The van der Waals surface area contributed by atoms with Crippen LogP contribution in [0.1, 0.15) is 34.3 Å². The number of carbonyl (C=O) groups excluding carboxylic acids is 1. The van der Waals surface area contributed by atoms with Gasteiger partial charge in [0.05, 0.1) is 34.9 Å². The van der Waals surface area contributed by atoms with E-state index < -0.39 is 10.0 Å². The van der Waals surface area contributed by atoms with Crippen LogP contribution >= 0.6 is 11.3 Å². The van der Waals surface area contributed by atoms with Crippen LogP contribution in [0.4, 0.5) is 10.8 Å². The van der Waals surface area contributed by atoms with Crippen molar-refractivity contribution >= 4 is 48.3 Å². The summed E-state index contributed by atoms with van der Waals surface area (Å²) in [7, 11) is -2.28. The van der Waals surface area contributed by atoms with Crippen molar-refractivity contribution in [3.63, 3.8) is 0 Å². The monoisotopic (exact) mass is 551 g/mol. The average molecular weight is 552 g/mol. The maximum absolute atomic E-state index is 13.7. The number of amides is 1. The molecule has 1 aliphatic heterocycles. The number of hydrogen-bond donors (Lipinski definition) is 1. The van der Waals surface area contributed by atoms with Gasteiger partial charge in [0.1, 0.15) is 5.75 Å². The molecule has 0 radical (unpaired) electrons. The lowest BCUT2D eigenvalue weighted by Gasteiger charge is -2.23. The van der Waals surface area contributed by atoms with Crippen molar-refractivity contribution in [2.24, 2.45) is 0 Å². The van der Waals surface area contributed by atoms with Gasteiger partial charge in [-0.25, -0.2) is 13.4 Å². The minimum Gasteiger partial charge on any atom is -0.497 e. The summed E-state index contributed by atoms with van der Waals surface area (Å²) >= 11 is 1.48. The molecule has 1 amide bonds. The van der Waals surface area contributed by atoms with Gasteiger partial charge in [-0.1, -0.05) is 17.4 Å². The summed E-state index contributed by atoms with van der Waals surface area (Å²) in [5.74, 6) is 0.358. The second-order valence-corrected chi connectivity index (χ2v) is 12.0. The number of rotatable bonds is 8. The minimum absolute atomic E-state index is 0.0515. The van der Waals surface area contributed by atoms with E-state index in [4.69, 9.17) is 14.5 Å². The summed E-state index contributed by atoms with van der Waals surface area (Å²) in [5.41, 5.74) is 3.94. The highest BCUT2D eigenvalue weighted by Crippen LogP contribution is 2.33. The van der Waals surface area contributed by atoms with E-state index in [0.29, 0.717) is 35.3 Å². The van der Waals surface area contributed by atoms with Crippen LogP contribution in [0.25, 0.3) is 10.2 Å². The molecule has 2 heterocycles. The zero-order valence-corrected chi connectivity index (χ0v) is 23.1. The second-order valence-electron chi connectivity index (χ2n) is 9.26. The number of benzene rings is 3. The number of nitrogens with zero attached hydrogens (tertiary/aromatic N) is 2. The lowest BCUT2D eigenvalue weighted by atomic mass is 10.1. The molecule has 0 spiro atoms. The fourth-order valence-electron chi connectivity index (χ4n) is 4.38. The van der Waals surface area contributed by atoms with Crippen LogP contribution in [0.2, 0.25) is 0 Å². The summed E-state index contributed by atoms with van der Waals surface area (Å²) in [6, 6.07) is 16.7. The molecule has 8 nitrogen and oxygen atoms in total. The topological polar surface area (TPSA) is 97.8 Å². The van der Waals surface area contributed by atoms with Gasteiger partial charge in [0.15, 0.2) is 5.13 Å². The standard InChI is InChI=1S/C28H29N3O5S2/c1-18-6-15-25-26(19(18)2)29-28(37-25)31(17-23-5-4-16-36-23)27(32)20-7-9-21(10-8-20)30-38(33,34)24-13-11-22(35-3)12-14-24/h6-15,23,30H,4-5,16-17H2,1-3H3. The Bertz CT molecular complexity index is 1560. The van der Waals surface area contributed by atoms with Crippen LogP contribution in [0.15, 0.2) is 65.6 Å². The number of anilines is 2. The molecule has 198 valence electrons. The molecule has 1 fully saturated rings. The van der Waals surface area contributed by atoms with Gasteiger partial charge < -0.3 is 9.47 Å². The Kier molecular flexibility index (Phi) is 7.38. The number of nitrogens with one attached hydrogen (secondary N) is 1. The Labute approximate surface area is 226 Å². The van der Waals surface area contributed by atoms with Crippen LogP contribution in [0.3, 0.4) is 0 Å². The van der Waals surface area contributed by atoms with Gasteiger partial charge >= 0.3 is 0 Å². The molecule has 5 rings (SSSR count). The van der Waals surface area contributed by atoms with Gasteiger partial charge in [-0.15, -0.1) is 0 Å². The molecule has 1 aliphatic rings. The molecule has 1 unspecified atom stereocenters. The third-order valence-electron chi connectivity index (χ3n) is 6.71. The third-order valence-corrected chi connectivity index (χ3v) is 9.15. The summed E-state index contributed by atoms with van der Waals surface area (Å²) in [6.45, 7) is 5.18. The van der Waals surface area contributed by atoms with Gasteiger partial charge in [-0.3, -0.25) is 14.4 Å². The van der Waals surface area contributed by atoms with Crippen LogP contribution in [0.5, 0.6) is 5.75 Å². The van der Waals surface area contributed by atoms with Crippen LogP contribution in [0, 0.1) is 13.8 Å². The van der Waals surface area contributed by atoms with E-state index in [9.17, 15) is 13.2 Å². The molecule has 0 saturated carbocycles. The summed E-state index contributed by atoms with van der Waals surface area (Å²) < 4.78 is 40.1.